The number of anilines is 1. The third-order valence-electron chi connectivity index (χ3n) is 6.89. The van der Waals surface area contributed by atoms with Crippen molar-refractivity contribution >= 4 is 23.0 Å². The second-order valence-corrected chi connectivity index (χ2v) is 9.61. The van der Waals surface area contributed by atoms with Crippen LogP contribution in [0.1, 0.15) is 30.0 Å². The van der Waals surface area contributed by atoms with Crippen molar-refractivity contribution in [3.05, 3.63) is 114 Å². The third-order valence-corrected chi connectivity index (χ3v) is 7.20. The van der Waals surface area contributed by atoms with Crippen LogP contribution in [-0.2, 0) is 6.42 Å². The summed E-state index contributed by atoms with van der Waals surface area (Å²) >= 11 is 5.82. The number of nitrogens with zero attached hydrogens (tertiary/aromatic N) is 1. The first kappa shape index (κ1) is 24.8. The van der Waals surface area contributed by atoms with E-state index < -0.39 is 0 Å². The van der Waals surface area contributed by atoms with Crippen LogP contribution in [0.4, 0.5) is 10.1 Å². The lowest BCUT2D eigenvalue weighted by Crippen LogP contribution is -2.29. The fraction of sp³-hybridized carbons (Fsp3) is 0.194. The van der Waals surface area contributed by atoms with Gasteiger partial charge in [0.15, 0.2) is 5.11 Å². The van der Waals surface area contributed by atoms with E-state index in [9.17, 15) is 9.50 Å². The van der Waals surface area contributed by atoms with Crippen LogP contribution in [0.2, 0.25) is 0 Å². The summed E-state index contributed by atoms with van der Waals surface area (Å²) in [5.41, 5.74) is 5.12. The van der Waals surface area contributed by atoms with Crippen molar-refractivity contribution in [2.45, 2.75) is 31.3 Å². The van der Waals surface area contributed by atoms with Gasteiger partial charge in [0, 0.05) is 17.3 Å². The van der Waals surface area contributed by atoms with Gasteiger partial charge in [-0.15, -0.1) is 0 Å². The Labute approximate surface area is 222 Å². The predicted molar refractivity (Wildman–Crippen MR) is 151 cm³/mol. The highest BCUT2D eigenvalue weighted by Gasteiger charge is 2.40. The fourth-order valence-electron chi connectivity index (χ4n) is 5.00. The van der Waals surface area contributed by atoms with Crippen LogP contribution in [-0.4, -0.2) is 23.4 Å². The van der Waals surface area contributed by atoms with Crippen LogP contribution in [0, 0.1) is 5.82 Å². The highest BCUT2D eigenvalue weighted by molar-refractivity contribution is 7.80. The number of benzene rings is 4. The van der Waals surface area contributed by atoms with E-state index in [1.165, 1.54) is 12.1 Å². The summed E-state index contributed by atoms with van der Waals surface area (Å²) in [7, 11) is 1.58. The predicted octanol–water partition coefficient (Wildman–Crippen LogP) is 7.03. The fourth-order valence-corrected chi connectivity index (χ4v) is 5.37. The number of ether oxygens (including phenoxy) is 1. The van der Waals surface area contributed by atoms with Gasteiger partial charge < -0.3 is 20.1 Å². The molecule has 0 aromatic heterocycles. The number of hydrogen-bond donors (Lipinski definition) is 2. The maximum absolute atomic E-state index is 13.3. The quantitative estimate of drug-likeness (QED) is 0.248. The molecule has 0 radical (unpaired) electrons. The molecule has 0 spiro atoms. The first-order chi connectivity index (χ1) is 18.0. The van der Waals surface area contributed by atoms with E-state index in [4.69, 9.17) is 17.0 Å². The second-order valence-electron chi connectivity index (χ2n) is 9.23. The molecule has 1 heterocycles. The van der Waals surface area contributed by atoms with Gasteiger partial charge in [-0.3, -0.25) is 0 Å². The van der Waals surface area contributed by atoms with Crippen LogP contribution in [0.25, 0.3) is 11.1 Å². The van der Waals surface area contributed by atoms with Crippen LogP contribution < -0.4 is 15.0 Å². The molecule has 5 rings (SSSR count). The summed E-state index contributed by atoms with van der Waals surface area (Å²) in [4.78, 5) is 2.09. The Balaban J connectivity index is 1.43. The third kappa shape index (κ3) is 5.44. The topological polar surface area (TPSA) is 44.7 Å². The normalized spacial score (nSPS) is 17.0. The van der Waals surface area contributed by atoms with E-state index in [-0.39, 0.29) is 23.7 Å². The first-order valence-corrected chi connectivity index (χ1v) is 12.8. The lowest BCUT2D eigenvalue weighted by molar-refractivity contribution is 0.402. The molecule has 6 heteroatoms. The molecule has 2 N–H and O–H groups in total. The lowest BCUT2D eigenvalue weighted by atomic mass is 9.93. The Kier molecular flexibility index (Phi) is 7.37. The number of thiocarbonyl (C=S) groups is 1. The number of phenolic OH excluding ortho intramolecular Hbond substituents is 1. The molecule has 37 heavy (non-hydrogen) atoms. The molecule has 4 nitrogen and oxygen atoms in total. The highest BCUT2D eigenvalue weighted by Crippen LogP contribution is 2.41. The van der Waals surface area contributed by atoms with Crippen molar-refractivity contribution in [1.82, 2.24) is 5.32 Å². The Hall–Kier alpha value is -3.90. The van der Waals surface area contributed by atoms with Gasteiger partial charge in [0.05, 0.1) is 19.2 Å². The second kappa shape index (κ2) is 11.0. The Morgan fingerprint density at radius 1 is 0.919 bits per heavy atom. The highest BCUT2D eigenvalue weighted by atomic mass is 32.1. The summed E-state index contributed by atoms with van der Waals surface area (Å²) in [6.07, 6.45) is 2.55. The summed E-state index contributed by atoms with van der Waals surface area (Å²) in [6.45, 7) is 0. The van der Waals surface area contributed by atoms with Crippen molar-refractivity contribution in [1.29, 1.82) is 0 Å². The van der Waals surface area contributed by atoms with Gasteiger partial charge in [-0.05, 0) is 84.6 Å². The van der Waals surface area contributed by atoms with Crippen LogP contribution in [0.3, 0.4) is 0 Å². The molecule has 1 fully saturated rings. The Morgan fingerprint density at radius 3 is 2.30 bits per heavy atom. The number of rotatable bonds is 8. The zero-order chi connectivity index (χ0) is 25.8. The van der Waals surface area contributed by atoms with Gasteiger partial charge in [-0.25, -0.2) is 4.39 Å². The van der Waals surface area contributed by atoms with Crippen LogP contribution in [0.15, 0.2) is 97.1 Å². The lowest BCUT2D eigenvalue weighted by Gasteiger charge is -2.29. The van der Waals surface area contributed by atoms with E-state index in [1.54, 1.807) is 13.2 Å². The Bertz CT molecular complexity index is 1360. The maximum atomic E-state index is 13.3. The van der Waals surface area contributed by atoms with E-state index in [2.05, 4.69) is 46.6 Å². The summed E-state index contributed by atoms with van der Waals surface area (Å²) in [5.74, 6) is 0.544. The molecule has 1 saturated heterocycles. The maximum Gasteiger partial charge on any atom is 0.174 e. The zero-order valence-electron chi connectivity index (χ0n) is 20.6. The molecule has 1 aliphatic rings. The van der Waals surface area contributed by atoms with E-state index in [0.29, 0.717) is 10.9 Å². The largest absolute Gasteiger partial charge is 0.507 e. The Morgan fingerprint density at radius 2 is 1.62 bits per heavy atom. The minimum atomic E-state index is -0.226. The van der Waals surface area contributed by atoms with Crippen molar-refractivity contribution in [2.24, 2.45) is 0 Å². The van der Waals surface area contributed by atoms with Gasteiger partial charge in [0.2, 0.25) is 0 Å². The van der Waals surface area contributed by atoms with Gasteiger partial charge in [0.1, 0.15) is 17.3 Å². The minimum absolute atomic E-state index is 0.0129. The van der Waals surface area contributed by atoms with Gasteiger partial charge in [0.25, 0.3) is 0 Å². The van der Waals surface area contributed by atoms with Crippen LogP contribution in [0.5, 0.6) is 11.5 Å². The molecule has 4 aromatic carbocycles. The van der Waals surface area contributed by atoms with Gasteiger partial charge in [-0.1, -0.05) is 54.6 Å². The summed E-state index contributed by atoms with van der Waals surface area (Å²) in [6, 6.07) is 30.4. The van der Waals surface area contributed by atoms with Crippen molar-refractivity contribution < 1.29 is 14.2 Å². The molecule has 4 aromatic rings. The van der Waals surface area contributed by atoms with Gasteiger partial charge in [-0.2, -0.15) is 0 Å². The molecule has 0 unspecified atom stereocenters. The van der Waals surface area contributed by atoms with Gasteiger partial charge >= 0.3 is 0 Å². The number of phenols is 1. The average Bonchev–Trinajstić information content (AvgIpc) is 3.25. The van der Waals surface area contributed by atoms with E-state index >= 15 is 0 Å². The molecule has 0 bridgehead atoms. The minimum Gasteiger partial charge on any atom is -0.507 e. The molecule has 2 atom stereocenters. The molecule has 0 saturated carbocycles. The number of halogens is 1. The number of nitrogens with one attached hydrogen (secondary N) is 1. The average molecular weight is 513 g/mol. The van der Waals surface area contributed by atoms with Crippen molar-refractivity contribution in [2.75, 3.05) is 12.0 Å². The van der Waals surface area contributed by atoms with Crippen LogP contribution >= 0.6 is 12.2 Å². The SMILES string of the molecule is COc1ccc([C@@H]2[C@H](CCCc3ccc(F)cc3)NC(=S)N2c2ccc(-c3ccccc3)cc2)c(O)c1. The number of methoxy groups -OCH3 is 1. The molecular formula is C31H29FN2O2S. The van der Waals surface area contributed by atoms with Crippen molar-refractivity contribution in [3.63, 3.8) is 0 Å². The molecule has 188 valence electrons. The summed E-state index contributed by atoms with van der Waals surface area (Å²) < 4.78 is 18.6. The molecule has 0 aliphatic carbocycles. The zero-order valence-corrected chi connectivity index (χ0v) is 21.4. The van der Waals surface area contributed by atoms with E-state index in [1.807, 2.05) is 42.5 Å². The molecule has 0 amide bonds. The number of aryl methyl sites for hydroxylation is 1. The van der Waals surface area contributed by atoms with Crippen molar-refractivity contribution in [3.8, 4) is 22.6 Å². The molecule has 1 aliphatic heterocycles. The monoisotopic (exact) mass is 512 g/mol. The standard InChI is InChI=1S/C31H29FN2O2S/c1-36-26-18-19-27(29(35)20-26)30-28(9-5-6-21-10-14-24(32)15-11-21)33-31(37)34(30)25-16-12-23(13-17-25)22-7-3-2-4-8-22/h2-4,7-8,10-20,28,30,35H,5-6,9H2,1H3,(H,33,37)/t28-,30+/m0/s1. The van der Waals surface area contributed by atoms with E-state index in [0.717, 1.165) is 47.2 Å². The number of aromatic hydroxyl groups is 1. The first-order valence-electron chi connectivity index (χ1n) is 12.4. The summed E-state index contributed by atoms with van der Waals surface area (Å²) in [5, 5.41) is 15.1. The number of hydrogen-bond acceptors (Lipinski definition) is 3. The smallest absolute Gasteiger partial charge is 0.174 e. The molecular weight excluding hydrogens is 483 g/mol.